The van der Waals surface area contributed by atoms with E-state index in [2.05, 4.69) is 0 Å². The van der Waals surface area contributed by atoms with Gasteiger partial charge in [0.15, 0.2) is 0 Å². The van der Waals surface area contributed by atoms with Gasteiger partial charge >= 0.3 is 5.97 Å². The molecule has 2 rings (SSSR count). The Morgan fingerprint density at radius 1 is 1.40 bits per heavy atom. The standard InChI is InChI=1S/C15H20N2O3/c1-10(18)17-9-11(7-15(19)20)6-12-8-13(16(2)3)4-5-14(12)17/h4-5,8,11H,6-7,9H2,1-3H3,(H,19,20). The van der Waals surface area contributed by atoms with E-state index in [9.17, 15) is 9.59 Å². The molecular formula is C15H20N2O3. The fourth-order valence-corrected chi connectivity index (χ4v) is 2.69. The van der Waals surface area contributed by atoms with Gasteiger partial charge in [0, 0.05) is 38.9 Å². The molecule has 1 unspecified atom stereocenters. The molecule has 5 heteroatoms. The molecule has 1 amide bonds. The quantitative estimate of drug-likeness (QED) is 0.913. The van der Waals surface area contributed by atoms with E-state index >= 15 is 0 Å². The van der Waals surface area contributed by atoms with Crippen molar-refractivity contribution < 1.29 is 14.7 Å². The highest BCUT2D eigenvalue weighted by atomic mass is 16.4. The Kier molecular flexibility index (Phi) is 3.97. The molecule has 0 radical (unpaired) electrons. The molecule has 0 spiro atoms. The van der Waals surface area contributed by atoms with Crippen LogP contribution in [0, 0.1) is 5.92 Å². The molecular weight excluding hydrogens is 256 g/mol. The van der Waals surface area contributed by atoms with Crippen molar-refractivity contribution in [2.75, 3.05) is 30.4 Å². The highest BCUT2D eigenvalue weighted by molar-refractivity contribution is 5.93. The molecule has 0 saturated carbocycles. The second-order valence-corrected chi connectivity index (χ2v) is 5.51. The second-order valence-electron chi connectivity index (χ2n) is 5.51. The van der Waals surface area contributed by atoms with Gasteiger partial charge in [0.05, 0.1) is 6.42 Å². The van der Waals surface area contributed by atoms with E-state index in [1.165, 1.54) is 6.92 Å². The smallest absolute Gasteiger partial charge is 0.303 e. The van der Waals surface area contributed by atoms with Crippen molar-refractivity contribution in [3.8, 4) is 0 Å². The number of anilines is 2. The van der Waals surface area contributed by atoms with Crippen molar-refractivity contribution >= 4 is 23.3 Å². The Bertz CT molecular complexity index is 540. The van der Waals surface area contributed by atoms with Gasteiger partial charge in [-0.3, -0.25) is 9.59 Å². The SMILES string of the molecule is CC(=O)N1CC(CC(=O)O)Cc2cc(N(C)C)ccc21. The van der Waals surface area contributed by atoms with Crippen LogP contribution in [0.4, 0.5) is 11.4 Å². The Labute approximate surface area is 118 Å². The van der Waals surface area contributed by atoms with Crippen LogP contribution in [0.5, 0.6) is 0 Å². The highest BCUT2D eigenvalue weighted by Crippen LogP contribution is 2.33. The summed E-state index contributed by atoms with van der Waals surface area (Å²) in [5.41, 5.74) is 3.01. The topological polar surface area (TPSA) is 60.9 Å². The van der Waals surface area contributed by atoms with Crippen LogP contribution in [0.1, 0.15) is 18.9 Å². The van der Waals surface area contributed by atoms with E-state index in [0.717, 1.165) is 16.9 Å². The van der Waals surface area contributed by atoms with Crippen molar-refractivity contribution in [3.63, 3.8) is 0 Å². The normalized spacial score (nSPS) is 17.6. The Balaban J connectivity index is 2.37. The summed E-state index contributed by atoms with van der Waals surface area (Å²) in [7, 11) is 3.92. The van der Waals surface area contributed by atoms with Gasteiger partial charge in [-0.2, -0.15) is 0 Å². The number of rotatable bonds is 3. The predicted molar refractivity (Wildman–Crippen MR) is 78.2 cm³/mol. The van der Waals surface area contributed by atoms with Crippen LogP contribution in [-0.2, 0) is 16.0 Å². The number of carbonyl (C=O) groups is 2. The van der Waals surface area contributed by atoms with Gasteiger partial charge in [0.25, 0.3) is 0 Å². The number of amides is 1. The Morgan fingerprint density at radius 3 is 2.65 bits per heavy atom. The summed E-state index contributed by atoms with van der Waals surface area (Å²) in [5.74, 6) is -0.883. The minimum atomic E-state index is -0.814. The molecule has 0 fully saturated rings. The zero-order valence-corrected chi connectivity index (χ0v) is 12.1. The van der Waals surface area contributed by atoms with Crippen LogP contribution >= 0.6 is 0 Å². The first-order valence-corrected chi connectivity index (χ1v) is 6.68. The lowest BCUT2D eigenvalue weighted by Crippen LogP contribution is -2.39. The van der Waals surface area contributed by atoms with E-state index in [1.807, 2.05) is 37.2 Å². The summed E-state index contributed by atoms with van der Waals surface area (Å²) in [6.45, 7) is 2.00. The van der Waals surface area contributed by atoms with Crippen LogP contribution < -0.4 is 9.80 Å². The fourth-order valence-electron chi connectivity index (χ4n) is 2.69. The van der Waals surface area contributed by atoms with E-state index < -0.39 is 5.97 Å². The minimum absolute atomic E-state index is 0.0266. The molecule has 0 aromatic heterocycles. The maximum atomic E-state index is 11.8. The van der Waals surface area contributed by atoms with Crippen molar-refractivity contribution in [3.05, 3.63) is 23.8 Å². The molecule has 1 aromatic carbocycles. The number of carbonyl (C=O) groups excluding carboxylic acids is 1. The van der Waals surface area contributed by atoms with Crippen LogP contribution in [-0.4, -0.2) is 37.6 Å². The summed E-state index contributed by atoms with van der Waals surface area (Å²) in [6.07, 6.45) is 0.794. The van der Waals surface area contributed by atoms with Crippen molar-refractivity contribution in [1.29, 1.82) is 0 Å². The maximum absolute atomic E-state index is 11.8. The molecule has 1 aromatic rings. The van der Waals surface area contributed by atoms with Gasteiger partial charge < -0.3 is 14.9 Å². The zero-order chi connectivity index (χ0) is 14.9. The van der Waals surface area contributed by atoms with Crippen molar-refractivity contribution in [2.45, 2.75) is 19.8 Å². The first-order chi connectivity index (χ1) is 9.38. The zero-order valence-electron chi connectivity index (χ0n) is 12.1. The third kappa shape index (κ3) is 2.92. The van der Waals surface area contributed by atoms with Gasteiger partial charge in [-0.05, 0) is 36.1 Å². The monoisotopic (exact) mass is 276 g/mol. The third-order valence-electron chi connectivity index (χ3n) is 3.66. The number of benzene rings is 1. The van der Waals surface area contributed by atoms with Crippen LogP contribution in [0.25, 0.3) is 0 Å². The summed E-state index contributed by atoms with van der Waals surface area (Å²) in [4.78, 5) is 26.4. The summed E-state index contributed by atoms with van der Waals surface area (Å²) in [6, 6.07) is 5.97. The van der Waals surface area contributed by atoms with Crippen LogP contribution in [0.3, 0.4) is 0 Å². The lowest BCUT2D eigenvalue weighted by atomic mass is 9.89. The third-order valence-corrected chi connectivity index (χ3v) is 3.66. The number of hydrogen-bond donors (Lipinski definition) is 1. The van der Waals surface area contributed by atoms with Gasteiger partial charge in [-0.25, -0.2) is 0 Å². The number of fused-ring (bicyclic) bond motifs is 1. The summed E-state index contributed by atoms with van der Waals surface area (Å²) in [5, 5.41) is 8.97. The van der Waals surface area contributed by atoms with E-state index in [1.54, 1.807) is 4.90 Å². The summed E-state index contributed by atoms with van der Waals surface area (Å²) >= 11 is 0. The maximum Gasteiger partial charge on any atom is 0.303 e. The molecule has 1 N–H and O–H groups in total. The van der Waals surface area contributed by atoms with Gasteiger partial charge in [0.2, 0.25) is 5.91 Å². The van der Waals surface area contributed by atoms with Gasteiger partial charge in [-0.1, -0.05) is 0 Å². The van der Waals surface area contributed by atoms with E-state index in [4.69, 9.17) is 5.11 Å². The van der Waals surface area contributed by atoms with E-state index in [0.29, 0.717) is 13.0 Å². The molecule has 1 heterocycles. The van der Waals surface area contributed by atoms with Crippen molar-refractivity contribution in [2.24, 2.45) is 5.92 Å². The average Bonchev–Trinajstić information content (AvgIpc) is 2.35. The predicted octanol–water partition coefficient (Wildman–Crippen LogP) is 1.75. The second kappa shape index (κ2) is 5.53. The number of carboxylic acid groups (broad SMARTS) is 1. The minimum Gasteiger partial charge on any atom is -0.481 e. The Hall–Kier alpha value is -2.04. The lowest BCUT2D eigenvalue weighted by Gasteiger charge is -2.34. The first-order valence-electron chi connectivity index (χ1n) is 6.68. The van der Waals surface area contributed by atoms with Gasteiger partial charge in [-0.15, -0.1) is 0 Å². The van der Waals surface area contributed by atoms with Crippen molar-refractivity contribution in [1.82, 2.24) is 0 Å². The summed E-state index contributed by atoms with van der Waals surface area (Å²) < 4.78 is 0. The lowest BCUT2D eigenvalue weighted by molar-refractivity contribution is -0.138. The van der Waals surface area contributed by atoms with E-state index in [-0.39, 0.29) is 18.2 Å². The highest BCUT2D eigenvalue weighted by Gasteiger charge is 2.28. The molecule has 20 heavy (non-hydrogen) atoms. The Morgan fingerprint density at radius 2 is 2.10 bits per heavy atom. The molecule has 5 nitrogen and oxygen atoms in total. The number of nitrogens with zero attached hydrogens (tertiary/aromatic N) is 2. The molecule has 1 aliphatic rings. The molecule has 108 valence electrons. The van der Waals surface area contributed by atoms with Gasteiger partial charge in [0.1, 0.15) is 0 Å². The number of carboxylic acids is 1. The van der Waals surface area contributed by atoms with Crippen LogP contribution in [0.2, 0.25) is 0 Å². The number of hydrogen-bond acceptors (Lipinski definition) is 3. The molecule has 0 saturated heterocycles. The molecule has 0 aliphatic carbocycles. The van der Waals surface area contributed by atoms with Crippen LogP contribution in [0.15, 0.2) is 18.2 Å². The first kappa shape index (κ1) is 14.4. The molecule has 1 atom stereocenters. The fraction of sp³-hybridized carbons (Fsp3) is 0.467. The number of aliphatic carboxylic acids is 1. The largest absolute Gasteiger partial charge is 0.481 e. The average molecular weight is 276 g/mol. The molecule has 1 aliphatic heterocycles. The molecule has 0 bridgehead atoms.